The third kappa shape index (κ3) is 4.22. The summed E-state index contributed by atoms with van der Waals surface area (Å²) < 4.78 is 4.01. The molecule has 1 aromatic carbocycles. The molecule has 0 spiro atoms. The van der Waals surface area contributed by atoms with Crippen LogP contribution in [0.1, 0.15) is 13.3 Å². The second-order valence-electron chi connectivity index (χ2n) is 6.03. The normalized spacial score (nSPS) is 11.6. The average molecular weight is 461 g/mol. The van der Waals surface area contributed by atoms with Crippen LogP contribution in [0.5, 0.6) is 0 Å². The zero-order valence-corrected chi connectivity index (χ0v) is 17.3. The van der Waals surface area contributed by atoms with E-state index in [1.165, 1.54) is 11.4 Å². The van der Waals surface area contributed by atoms with E-state index in [1.54, 1.807) is 0 Å². The zero-order chi connectivity index (χ0) is 20.6. The first-order valence-corrected chi connectivity index (χ1v) is 13.8. The van der Waals surface area contributed by atoms with Gasteiger partial charge < -0.3 is 9.80 Å². The Balaban J connectivity index is 0.000000242. The van der Waals surface area contributed by atoms with Crippen molar-refractivity contribution in [3.05, 3.63) is 48.7 Å². The van der Waals surface area contributed by atoms with E-state index in [-0.39, 0.29) is 0 Å². The summed E-state index contributed by atoms with van der Waals surface area (Å²) in [5.41, 5.74) is 2.56. The number of hydrogen-bond acceptors (Lipinski definition) is 7. The molecule has 0 saturated heterocycles. The van der Waals surface area contributed by atoms with Gasteiger partial charge in [-0.15, -0.1) is 0 Å². The van der Waals surface area contributed by atoms with Crippen LogP contribution in [0.2, 0.25) is 0 Å². The molecule has 0 fully saturated rings. The number of para-hydroxylation sites is 2. The van der Waals surface area contributed by atoms with Crippen molar-refractivity contribution in [2.75, 3.05) is 23.0 Å². The van der Waals surface area contributed by atoms with Gasteiger partial charge in [0.15, 0.2) is 0 Å². The van der Waals surface area contributed by atoms with Crippen molar-refractivity contribution in [3.63, 3.8) is 0 Å². The molecule has 1 aromatic heterocycles. The molecule has 0 aliphatic carbocycles. The van der Waals surface area contributed by atoms with Gasteiger partial charge in [0.2, 0.25) is 0 Å². The zero-order valence-electron chi connectivity index (χ0n) is 15.3. The van der Waals surface area contributed by atoms with E-state index in [1.807, 2.05) is 18.3 Å². The number of fused-ring (bicyclic) bond motifs is 1. The number of benzene rings is 1. The van der Waals surface area contributed by atoms with E-state index in [2.05, 4.69) is 56.9 Å². The monoisotopic (exact) mass is 463 g/mol. The Morgan fingerprint density at radius 1 is 0.964 bits per heavy atom. The molecule has 0 atom stereocenters. The van der Waals surface area contributed by atoms with Crippen LogP contribution in [0.4, 0.5) is 17.2 Å². The molecule has 3 rings (SSSR count). The van der Waals surface area contributed by atoms with Gasteiger partial charge in [-0.2, -0.15) is 0 Å². The van der Waals surface area contributed by atoms with Crippen LogP contribution in [0.3, 0.4) is 0 Å². The second kappa shape index (κ2) is 8.69. The van der Waals surface area contributed by atoms with Crippen LogP contribution in [0.25, 0.3) is 0 Å². The molecule has 0 bridgehead atoms. The first-order valence-electron chi connectivity index (χ1n) is 8.35. The van der Waals surface area contributed by atoms with Crippen molar-refractivity contribution in [1.82, 2.24) is 4.98 Å². The fraction of sp³-hybridized carbons (Fsp3) is 0.200. The number of rotatable bonds is 3. The van der Waals surface area contributed by atoms with E-state index in [4.69, 9.17) is 0 Å². The molecule has 7 nitrogen and oxygen atoms in total. The Morgan fingerprint density at radius 3 is 2.00 bits per heavy atom. The summed E-state index contributed by atoms with van der Waals surface area (Å²) in [5, 5.41) is 0. The Labute approximate surface area is 160 Å². The minimum absolute atomic E-state index is 0.893. The Morgan fingerprint density at radius 2 is 1.54 bits per heavy atom. The van der Waals surface area contributed by atoms with Crippen molar-refractivity contribution >= 4 is 39.2 Å². The predicted molar refractivity (Wildman–Crippen MR) is 105 cm³/mol. The minimum atomic E-state index is -5.30. The van der Waals surface area contributed by atoms with Crippen molar-refractivity contribution in [2.45, 2.75) is 13.3 Å². The summed E-state index contributed by atoms with van der Waals surface area (Å²) in [7, 11) is 0. The molecule has 0 amide bonds. The molecule has 8 heteroatoms. The molecule has 0 unspecified atom stereocenters. The maximum atomic E-state index is 9.95. The number of hydrogen-bond donors (Lipinski definition) is 0. The van der Waals surface area contributed by atoms with Crippen molar-refractivity contribution in [1.29, 1.82) is 0 Å². The van der Waals surface area contributed by atoms with Gasteiger partial charge in [0.25, 0.3) is 0 Å². The van der Waals surface area contributed by atoms with Crippen LogP contribution in [-0.4, -0.2) is 40.2 Å². The van der Waals surface area contributed by atoms with Crippen LogP contribution in [-0.2, 0) is 31.7 Å². The Hall–Kier alpha value is -3.15. The molecule has 0 radical (unpaired) electrons. The van der Waals surface area contributed by atoms with E-state index in [0.717, 1.165) is 42.5 Å². The summed E-state index contributed by atoms with van der Waals surface area (Å²) in [6.07, 6.45) is 3.00. The number of aromatic nitrogens is 1. The summed E-state index contributed by atoms with van der Waals surface area (Å²) in [5.74, 6) is 1.02. The third-order valence-electron chi connectivity index (χ3n) is 3.98. The first kappa shape index (κ1) is 21.2. The summed E-state index contributed by atoms with van der Waals surface area (Å²) >= 11 is -5.30. The van der Waals surface area contributed by atoms with E-state index < -0.39 is 12.5 Å². The Bertz CT molecular complexity index is 1300. The number of nitrogens with zero attached hydrogens (tertiary/aromatic N) is 3. The average Bonchev–Trinajstić information content (AvgIpc) is 3.14. The van der Waals surface area contributed by atoms with Crippen LogP contribution < -0.4 is 9.80 Å². The molecule has 1 aliphatic heterocycles. The molecule has 1 aliphatic rings. The van der Waals surface area contributed by atoms with E-state index >= 15 is 0 Å². The van der Waals surface area contributed by atoms with Crippen LogP contribution in [0, 0.1) is 0 Å². The molecular formula is C20H19MoN3O4. The SMILES string of the molecule is CCCN1CN(c2ccccn2)c2ccccc21.[CH2]=[Mo](=[C]=O)(=[C]=O)(=[C]=O)=[C]=O. The molecule has 2 aromatic rings. The number of pyridine rings is 1. The molecule has 28 heavy (non-hydrogen) atoms. The van der Waals surface area contributed by atoms with E-state index in [9.17, 15) is 19.2 Å². The molecule has 0 N–H and O–H groups in total. The van der Waals surface area contributed by atoms with Gasteiger partial charge in [0.05, 0.1) is 18.0 Å². The van der Waals surface area contributed by atoms with Crippen LogP contribution in [0.15, 0.2) is 48.7 Å². The summed E-state index contributed by atoms with van der Waals surface area (Å²) in [4.78, 5) is 51.8. The van der Waals surface area contributed by atoms with Gasteiger partial charge in [-0.3, -0.25) is 0 Å². The quantitative estimate of drug-likeness (QED) is 0.644. The second-order valence-corrected chi connectivity index (χ2v) is 13.5. The number of carbonyl (C=O) groups excluding carboxylic acids is 4. The Kier molecular flexibility index (Phi) is 6.57. The third-order valence-corrected chi connectivity index (χ3v) is 7.60. The van der Waals surface area contributed by atoms with Crippen molar-refractivity contribution in [2.24, 2.45) is 0 Å². The van der Waals surface area contributed by atoms with Crippen molar-refractivity contribution in [3.8, 4) is 0 Å². The standard InChI is InChI=1S/C15H17N3.4CO.CH2.Mo/c1-2-11-17-12-18(15-9-5-6-10-16-15)14-8-4-3-7-13(14)17;4*1-2;;/h3-10H,2,11-12H2,1H3;;;;;1H2;. The van der Waals surface area contributed by atoms with Gasteiger partial charge in [0.1, 0.15) is 5.82 Å². The molecule has 2 heterocycles. The van der Waals surface area contributed by atoms with Gasteiger partial charge in [-0.1, -0.05) is 25.1 Å². The molecule has 144 valence electrons. The van der Waals surface area contributed by atoms with Gasteiger partial charge in [0, 0.05) is 12.7 Å². The molecule has 0 saturated carbocycles. The predicted octanol–water partition coefficient (Wildman–Crippen LogP) is 1.78. The van der Waals surface area contributed by atoms with Gasteiger partial charge in [-0.25, -0.2) is 4.98 Å². The topological polar surface area (TPSA) is 87.7 Å². The molecular weight excluding hydrogens is 442 g/mol. The van der Waals surface area contributed by atoms with Gasteiger partial charge in [-0.05, 0) is 30.7 Å². The maximum absolute atomic E-state index is 9.95. The summed E-state index contributed by atoms with van der Waals surface area (Å²) in [6.45, 7) is 4.19. The van der Waals surface area contributed by atoms with Crippen molar-refractivity contribution < 1.29 is 31.7 Å². The van der Waals surface area contributed by atoms with E-state index in [0.29, 0.717) is 0 Å². The van der Waals surface area contributed by atoms with Crippen LogP contribution >= 0.6 is 0 Å². The fourth-order valence-electron chi connectivity index (χ4n) is 2.56. The fourth-order valence-corrected chi connectivity index (χ4v) is 3.06. The first-order chi connectivity index (χ1) is 13.4. The van der Waals surface area contributed by atoms with Gasteiger partial charge >= 0.3 is 53.7 Å². The number of anilines is 3. The summed E-state index contributed by atoms with van der Waals surface area (Å²) in [6, 6.07) is 14.6.